The molecule has 1 aromatic heterocycles. The molecule has 2 aromatic rings. The van der Waals surface area contributed by atoms with Crippen molar-refractivity contribution in [1.29, 1.82) is 0 Å². The maximum atomic E-state index is 6.07. The van der Waals surface area contributed by atoms with E-state index < -0.39 is 0 Å². The molecule has 1 atom stereocenters. The predicted molar refractivity (Wildman–Crippen MR) is 76.6 cm³/mol. The molecule has 1 N–H and O–H groups in total. The van der Waals surface area contributed by atoms with E-state index in [4.69, 9.17) is 4.74 Å². The Kier molecular flexibility index (Phi) is 3.36. The second kappa shape index (κ2) is 5.31. The van der Waals surface area contributed by atoms with Gasteiger partial charge in [-0.05, 0) is 43.5 Å². The van der Waals surface area contributed by atoms with Crippen LogP contribution in [0.3, 0.4) is 0 Å². The van der Waals surface area contributed by atoms with Gasteiger partial charge in [0, 0.05) is 11.9 Å². The fourth-order valence-electron chi connectivity index (χ4n) is 2.43. The molecule has 0 radical (unpaired) electrons. The highest BCUT2D eigenvalue weighted by atomic mass is 16.5. The van der Waals surface area contributed by atoms with E-state index in [9.17, 15) is 0 Å². The van der Waals surface area contributed by atoms with Gasteiger partial charge in [-0.25, -0.2) is 0 Å². The summed E-state index contributed by atoms with van der Waals surface area (Å²) in [5, 5.41) is 3.47. The SMILES string of the molecule is Cc1ncccc1OC1CCc2ccccc2NC1. The van der Waals surface area contributed by atoms with Crippen LogP contribution >= 0.6 is 0 Å². The van der Waals surface area contributed by atoms with Crippen LogP contribution in [0.5, 0.6) is 5.75 Å². The van der Waals surface area contributed by atoms with Crippen molar-refractivity contribution in [2.75, 3.05) is 11.9 Å². The molecule has 3 rings (SSSR count). The van der Waals surface area contributed by atoms with E-state index in [2.05, 4.69) is 34.6 Å². The third kappa shape index (κ3) is 2.70. The molecule has 3 nitrogen and oxygen atoms in total. The lowest BCUT2D eigenvalue weighted by Gasteiger charge is -2.18. The zero-order valence-electron chi connectivity index (χ0n) is 11.1. The fraction of sp³-hybridized carbons (Fsp3) is 0.312. The van der Waals surface area contributed by atoms with Crippen LogP contribution in [0, 0.1) is 6.92 Å². The third-order valence-corrected chi connectivity index (χ3v) is 3.53. The fourth-order valence-corrected chi connectivity index (χ4v) is 2.43. The summed E-state index contributed by atoms with van der Waals surface area (Å²) in [6.07, 6.45) is 4.06. The number of ether oxygens (including phenoxy) is 1. The number of hydrogen-bond donors (Lipinski definition) is 1. The van der Waals surface area contributed by atoms with Gasteiger partial charge in [0.05, 0.1) is 12.2 Å². The van der Waals surface area contributed by atoms with Crippen molar-refractivity contribution in [3.63, 3.8) is 0 Å². The number of aryl methyl sites for hydroxylation is 2. The van der Waals surface area contributed by atoms with E-state index in [0.29, 0.717) is 0 Å². The van der Waals surface area contributed by atoms with Crippen LogP contribution in [0.4, 0.5) is 5.69 Å². The van der Waals surface area contributed by atoms with Crippen LogP contribution in [-0.4, -0.2) is 17.6 Å². The molecule has 98 valence electrons. The lowest BCUT2D eigenvalue weighted by atomic mass is 10.1. The Morgan fingerprint density at radius 3 is 3.00 bits per heavy atom. The molecule has 1 unspecified atom stereocenters. The van der Waals surface area contributed by atoms with E-state index >= 15 is 0 Å². The van der Waals surface area contributed by atoms with Crippen LogP contribution < -0.4 is 10.1 Å². The average molecular weight is 254 g/mol. The Hall–Kier alpha value is -2.03. The van der Waals surface area contributed by atoms with Crippen molar-refractivity contribution in [3.8, 4) is 5.75 Å². The van der Waals surface area contributed by atoms with Gasteiger partial charge in [0.1, 0.15) is 11.9 Å². The normalized spacial score (nSPS) is 18.1. The molecular weight excluding hydrogens is 236 g/mol. The number of nitrogens with zero attached hydrogens (tertiary/aromatic N) is 1. The first-order valence-electron chi connectivity index (χ1n) is 6.73. The first kappa shape index (κ1) is 12.0. The Balaban J connectivity index is 1.71. The number of para-hydroxylation sites is 1. The van der Waals surface area contributed by atoms with Gasteiger partial charge in [-0.1, -0.05) is 18.2 Å². The van der Waals surface area contributed by atoms with Crippen LogP contribution in [0.2, 0.25) is 0 Å². The van der Waals surface area contributed by atoms with Gasteiger partial charge in [-0.2, -0.15) is 0 Å². The van der Waals surface area contributed by atoms with Gasteiger partial charge in [-0.3, -0.25) is 4.98 Å². The first-order valence-corrected chi connectivity index (χ1v) is 6.73. The minimum atomic E-state index is 0.190. The van der Waals surface area contributed by atoms with Gasteiger partial charge in [-0.15, -0.1) is 0 Å². The zero-order valence-corrected chi connectivity index (χ0v) is 11.1. The van der Waals surface area contributed by atoms with Crippen LogP contribution in [0.15, 0.2) is 42.6 Å². The standard InChI is InChI=1S/C16H18N2O/c1-12-16(7-4-10-17-12)19-14-9-8-13-5-2-3-6-15(13)18-11-14/h2-7,10,14,18H,8-9,11H2,1H3. The number of anilines is 1. The van der Waals surface area contributed by atoms with Crippen molar-refractivity contribution in [2.45, 2.75) is 25.9 Å². The monoisotopic (exact) mass is 254 g/mol. The molecule has 1 aliphatic rings. The van der Waals surface area contributed by atoms with Gasteiger partial charge in [0.2, 0.25) is 0 Å². The second-order valence-corrected chi connectivity index (χ2v) is 4.90. The number of aromatic nitrogens is 1. The Bertz CT molecular complexity index is 541. The van der Waals surface area contributed by atoms with Gasteiger partial charge < -0.3 is 10.1 Å². The van der Waals surface area contributed by atoms with E-state index in [0.717, 1.165) is 30.8 Å². The highest BCUT2D eigenvalue weighted by Gasteiger charge is 2.17. The molecule has 2 heterocycles. The number of rotatable bonds is 2. The topological polar surface area (TPSA) is 34.1 Å². The Labute approximate surface area is 113 Å². The van der Waals surface area contributed by atoms with Gasteiger partial charge >= 0.3 is 0 Å². The third-order valence-electron chi connectivity index (χ3n) is 3.53. The molecule has 1 aromatic carbocycles. The van der Waals surface area contributed by atoms with Gasteiger partial charge in [0.15, 0.2) is 0 Å². The largest absolute Gasteiger partial charge is 0.487 e. The minimum Gasteiger partial charge on any atom is -0.487 e. The molecule has 0 fully saturated rings. The van der Waals surface area contributed by atoms with Crippen molar-refractivity contribution in [2.24, 2.45) is 0 Å². The van der Waals surface area contributed by atoms with Crippen molar-refractivity contribution in [1.82, 2.24) is 4.98 Å². The van der Waals surface area contributed by atoms with E-state index in [-0.39, 0.29) is 6.10 Å². The van der Waals surface area contributed by atoms with Crippen molar-refractivity contribution >= 4 is 5.69 Å². The maximum Gasteiger partial charge on any atom is 0.141 e. The number of pyridine rings is 1. The molecule has 0 amide bonds. The molecular formula is C16H18N2O. The summed E-state index contributed by atoms with van der Waals surface area (Å²) >= 11 is 0. The molecule has 3 heteroatoms. The molecule has 0 saturated carbocycles. The Morgan fingerprint density at radius 2 is 2.11 bits per heavy atom. The summed E-state index contributed by atoms with van der Waals surface area (Å²) in [5.74, 6) is 0.889. The number of benzene rings is 1. The lowest BCUT2D eigenvalue weighted by Crippen LogP contribution is -2.25. The van der Waals surface area contributed by atoms with Crippen LogP contribution in [0.25, 0.3) is 0 Å². The summed E-state index contributed by atoms with van der Waals surface area (Å²) in [5.41, 5.74) is 3.55. The van der Waals surface area contributed by atoms with Crippen molar-refractivity contribution in [3.05, 3.63) is 53.9 Å². The quantitative estimate of drug-likeness (QED) is 0.893. The Morgan fingerprint density at radius 1 is 1.21 bits per heavy atom. The van der Waals surface area contributed by atoms with E-state index in [1.807, 2.05) is 19.1 Å². The summed E-state index contributed by atoms with van der Waals surface area (Å²) in [7, 11) is 0. The molecule has 0 bridgehead atoms. The average Bonchev–Trinajstić information content (AvgIpc) is 2.64. The molecule has 1 aliphatic heterocycles. The predicted octanol–water partition coefficient (Wildman–Crippen LogP) is 3.20. The molecule has 0 aliphatic carbocycles. The number of hydrogen-bond acceptors (Lipinski definition) is 3. The number of nitrogens with one attached hydrogen (secondary N) is 1. The summed E-state index contributed by atoms with van der Waals surface area (Å²) < 4.78 is 6.07. The molecule has 0 saturated heterocycles. The maximum absolute atomic E-state index is 6.07. The lowest BCUT2D eigenvalue weighted by molar-refractivity contribution is 0.204. The number of fused-ring (bicyclic) bond motifs is 1. The van der Waals surface area contributed by atoms with Crippen LogP contribution in [-0.2, 0) is 6.42 Å². The zero-order chi connectivity index (χ0) is 13.1. The summed E-state index contributed by atoms with van der Waals surface area (Å²) in [6.45, 7) is 2.82. The molecule has 0 spiro atoms. The summed E-state index contributed by atoms with van der Waals surface area (Å²) in [6, 6.07) is 12.4. The summed E-state index contributed by atoms with van der Waals surface area (Å²) in [4.78, 5) is 4.26. The van der Waals surface area contributed by atoms with Gasteiger partial charge in [0.25, 0.3) is 0 Å². The first-order chi connectivity index (χ1) is 9.33. The molecule has 19 heavy (non-hydrogen) atoms. The van der Waals surface area contributed by atoms with Crippen molar-refractivity contribution < 1.29 is 4.74 Å². The van der Waals surface area contributed by atoms with E-state index in [1.54, 1.807) is 6.20 Å². The van der Waals surface area contributed by atoms with Crippen LogP contribution in [0.1, 0.15) is 17.7 Å². The van der Waals surface area contributed by atoms with E-state index in [1.165, 1.54) is 11.3 Å². The second-order valence-electron chi connectivity index (χ2n) is 4.90. The smallest absolute Gasteiger partial charge is 0.141 e. The highest BCUT2D eigenvalue weighted by Crippen LogP contribution is 2.24. The minimum absolute atomic E-state index is 0.190. The highest BCUT2D eigenvalue weighted by molar-refractivity contribution is 5.52.